The number of rotatable bonds is 3. The number of para-hydroxylation sites is 1. The van der Waals surface area contributed by atoms with Gasteiger partial charge in [0.25, 0.3) is 0 Å². The summed E-state index contributed by atoms with van der Waals surface area (Å²) < 4.78 is 5.41. The van der Waals surface area contributed by atoms with Crippen molar-refractivity contribution < 1.29 is 9.53 Å². The zero-order valence-electron chi connectivity index (χ0n) is 15.8. The van der Waals surface area contributed by atoms with Gasteiger partial charge in [-0.3, -0.25) is 10.1 Å². The van der Waals surface area contributed by atoms with Gasteiger partial charge in [0, 0.05) is 18.0 Å². The molecule has 4 rings (SSSR count). The summed E-state index contributed by atoms with van der Waals surface area (Å²) in [5.74, 6) is 1.55. The minimum Gasteiger partial charge on any atom is -0.494 e. The van der Waals surface area contributed by atoms with Gasteiger partial charge >= 0.3 is 0 Å². The molecule has 0 unspecified atom stereocenters. The Hall–Kier alpha value is -3.09. The first kappa shape index (κ1) is 17.3. The Labute approximate surface area is 157 Å². The average molecular weight is 363 g/mol. The van der Waals surface area contributed by atoms with E-state index in [1.165, 1.54) is 0 Å². The van der Waals surface area contributed by atoms with Crippen molar-refractivity contribution in [2.75, 3.05) is 12.4 Å². The molecule has 1 aliphatic carbocycles. The molecule has 3 aromatic rings. The summed E-state index contributed by atoms with van der Waals surface area (Å²) in [5.41, 5.74) is 2.83. The normalized spacial score (nSPS) is 15.5. The topological polar surface area (TPSA) is 89.9 Å². The highest BCUT2D eigenvalue weighted by Gasteiger charge is 2.32. The van der Waals surface area contributed by atoms with Gasteiger partial charge in [-0.25, -0.2) is 19.9 Å². The van der Waals surface area contributed by atoms with Gasteiger partial charge in [0.05, 0.1) is 24.1 Å². The van der Waals surface area contributed by atoms with E-state index in [-0.39, 0.29) is 11.2 Å². The molecule has 0 aliphatic heterocycles. The van der Waals surface area contributed by atoms with Crippen LogP contribution in [-0.2, 0) is 6.42 Å². The quantitative estimate of drug-likeness (QED) is 0.760. The van der Waals surface area contributed by atoms with Crippen LogP contribution in [0.1, 0.15) is 42.0 Å². The molecule has 2 aromatic heterocycles. The number of anilines is 2. The maximum Gasteiger partial charge on any atom is 0.230 e. The van der Waals surface area contributed by atoms with Crippen molar-refractivity contribution in [2.24, 2.45) is 5.41 Å². The van der Waals surface area contributed by atoms with Crippen LogP contribution < -0.4 is 10.1 Å². The van der Waals surface area contributed by atoms with Gasteiger partial charge in [0.15, 0.2) is 5.78 Å². The molecule has 0 saturated heterocycles. The molecule has 0 atom stereocenters. The lowest BCUT2D eigenvalue weighted by molar-refractivity contribution is 0.0910. The van der Waals surface area contributed by atoms with Crippen LogP contribution in [0.5, 0.6) is 5.75 Å². The van der Waals surface area contributed by atoms with Crippen LogP contribution in [0.4, 0.5) is 11.9 Å². The molecular weight excluding hydrogens is 342 g/mol. The SMILES string of the molecule is COc1cccc2c(C)nc(Nc3ncc4c(n3)CC(C)(C)CC4=O)nc12. The fourth-order valence-electron chi connectivity index (χ4n) is 3.49. The largest absolute Gasteiger partial charge is 0.494 e. The number of methoxy groups -OCH3 is 1. The van der Waals surface area contributed by atoms with Gasteiger partial charge in [-0.05, 0) is 24.8 Å². The number of ether oxygens (including phenoxy) is 1. The van der Waals surface area contributed by atoms with E-state index in [4.69, 9.17) is 4.74 Å². The third kappa shape index (κ3) is 3.20. The van der Waals surface area contributed by atoms with E-state index in [0.29, 0.717) is 29.6 Å². The summed E-state index contributed by atoms with van der Waals surface area (Å²) in [7, 11) is 1.62. The zero-order valence-corrected chi connectivity index (χ0v) is 15.8. The van der Waals surface area contributed by atoms with E-state index in [0.717, 1.165) is 28.7 Å². The van der Waals surface area contributed by atoms with E-state index >= 15 is 0 Å². The maximum absolute atomic E-state index is 12.3. The lowest BCUT2D eigenvalue weighted by Crippen LogP contribution is -2.28. The number of nitrogens with one attached hydrogen (secondary N) is 1. The molecule has 0 saturated carbocycles. The average Bonchev–Trinajstić information content (AvgIpc) is 2.60. The van der Waals surface area contributed by atoms with E-state index < -0.39 is 0 Å². The number of carbonyl (C=O) groups excluding carboxylic acids is 1. The number of aromatic nitrogens is 4. The standard InChI is InChI=1S/C20H21N5O2/c1-11-12-6-5-7-16(27-4)17(12)24-19(22-11)25-18-21-10-13-14(23-18)8-20(2,3)9-15(13)26/h5-7,10H,8-9H2,1-4H3,(H,21,22,23,24,25). The highest BCUT2D eigenvalue weighted by molar-refractivity contribution is 5.98. The van der Waals surface area contributed by atoms with Gasteiger partial charge in [0.1, 0.15) is 11.3 Å². The summed E-state index contributed by atoms with van der Waals surface area (Å²) in [5, 5.41) is 4.00. The van der Waals surface area contributed by atoms with Crippen molar-refractivity contribution in [3.63, 3.8) is 0 Å². The molecular formula is C20H21N5O2. The molecule has 1 aromatic carbocycles. The fraction of sp³-hybridized carbons (Fsp3) is 0.350. The van der Waals surface area contributed by atoms with E-state index in [1.54, 1.807) is 13.3 Å². The summed E-state index contributed by atoms with van der Waals surface area (Å²) in [6.07, 6.45) is 2.84. The summed E-state index contributed by atoms with van der Waals surface area (Å²) in [4.78, 5) is 30.2. The number of benzene rings is 1. The number of ketones is 1. The van der Waals surface area contributed by atoms with Gasteiger partial charge in [-0.15, -0.1) is 0 Å². The maximum atomic E-state index is 12.3. The predicted octanol–water partition coefficient (Wildman–Crippen LogP) is 3.64. The molecule has 2 heterocycles. The first-order chi connectivity index (χ1) is 12.9. The molecule has 7 nitrogen and oxygen atoms in total. The fourth-order valence-corrected chi connectivity index (χ4v) is 3.49. The number of hydrogen-bond donors (Lipinski definition) is 1. The third-order valence-corrected chi connectivity index (χ3v) is 4.78. The second-order valence-corrected chi connectivity index (χ2v) is 7.61. The molecule has 27 heavy (non-hydrogen) atoms. The smallest absolute Gasteiger partial charge is 0.230 e. The summed E-state index contributed by atoms with van der Waals surface area (Å²) >= 11 is 0. The van der Waals surface area contributed by atoms with Crippen LogP contribution in [0, 0.1) is 12.3 Å². The predicted molar refractivity (Wildman–Crippen MR) is 103 cm³/mol. The molecule has 0 bridgehead atoms. The van der Waals surface area contributed by atoms with Crippen molar-refractivity contribution in [1.29, 1.82) is 0 Å². The number of Topliss-reactive ketones (excluding diaryl/α,β-unsaturated/α-hetero) is 1. The Morgan fingerprint density at radius 2 is 1.93 bits per heavy atom. The minimum absolute atomic E-state index is 0.0929. The van der Waals surface area contributed by atoms with Crippen LogP contribution in [-0.4, -0.2) is 32.8 Å². The van der Waals surface area contributed by atoms with Crippen LogP contribution >= 0.6 is 0 Å². The molecule has 0 fully saturated rings. The molecule has 0 radical (unpaired) electrons. The Morgan fingerprint density at radius 3 is 2.70 bits per heavy atom. The zero-order chi connectivity index (χ0) is 19.2. The monoisotopic (exact) mass is 363 g/mol. The number of carbonyl (C=O) groups is 1. The van der Waals surface area contributed by atoms with E-state index in [1.807, 2.05) is 25.1 Å². The van der Waals surface area contributed by atoms with Crippen LogP contribution in [0.2, 0.25) is 0 Å². The van der Waals surface area contributed by atoms with Crippen molar-refractivity contribution in [2.45, 2.75) is 33.6 Å². The Kier molecular flexibility index (Phi) is 4.02. The lowest BCUT2D eigenvalue weighted by atomic mass is 9.76. The molecule has 0 amide bonds. The second-order valence-electron chi connectivity index (χ2n) is 7.61. The van der Waals surface area contributed by atoms with Gasteiger partial charge in [-0.2, -0.15) is 0 Å². The van der Waals surface area contributed by atoms with E-state index in [2.05, 4.69) is 39.1 Å². The second kappa shape index (κ2) is 6.26. The van der Waals surface area contributed by atoms with Gasteiger partial charge in [0.2, 0.25) is 11.9 Å². The van der Waals surface area contributed by atoms with Crippen molar-refractivity contribution >= 4 is 28.6 Å². The number of fused-ring (bicyclic) bond motifs is 2. The van der Waals surface area contributed by atoms with E-state index in [9.17, 15) is 4.79 Å². The van der Waals surface area contributed by atoms with Crippen molar-refractivity contribution in [3.05, 3.63) is 41.3 Å². The molecule has 7 heteroatoms. The van der Waals surface area contributed by atoms with Crippen LogP contribution in [0.25, 0.3) is 10.9 Å². The number of aryl methyl sites for hydroxylation is 1. The Morgan fingerprint density at radius 1 is 1.11 bits per heavy atom. The van der Waals surface area contributed by atoms with Crippen molar-refractivity contribution in [1.82, 2.24) is 19.9 Å². The van der Waals surface area contributed by atoms with Crippen LogP contribution in [0.3, 0.4) is 0 Å². The van der Waals surface area contributed by atoms with Crippen LogP contribution in [0.15, 0.2) is 24.4 Å². The molecule has 0 spiro atoms. The summed E-state index contributed by atoms with van der Waals surface area (Å²) in [6, 6.07) is 5.73. The molecule has 138 valence electrons. The molecule has 1 aliphatic rings. The minimum atomic E-state index is -0.0981. The summed E-state index contributed by atoms with van der Waals surface area (Å²) in [6.45, 7) is 6.07. The highest BCUT2D eigenvalue weighted by Crippen LogP contribution is 2.34. The van der Waals surface area contributed by atoms with Gasteiger partial charge < -0.3 is 4.74 Å². The Bertz CT molecular complexity index is 1060. The number of hydrogen-bond acceptors (Lipinski definition) is 7. The first-order valence-electron chi connectivity index (χ1n) is 8.84. The lowest BCUT2D eigenvalue weighted by Gasteiger charge is -2.29. The van der Waals surface area contributed by atoms with Crippen molar-refractivity contribution in [3.8, 4) is 5.75 Å². The molecule has 1 N–H and O–H groups in total. The third-order valence-electron chi connectivity index (χ3n) is 4.78. The first-order valence-corrected chi connectivity index (χ1v) is 8.84. The Balaban J connectivity index is 1.72. The highest BCUT2D eigenvalue weighted by atomic mass is 16.5. The van der Waals surface area contributed by atoms with Gasteiger partial charge in [-0.1, -0.05) is 26.0 Å². The number of nitrogens with zero attached hydrogens (tertiary/aromatic N) is 4.